The second-order valence-electron chi connectivity index (χ2n) is 10.6. The van der Waals surface area contributed by atoms with Crippen LogP contribution >= 0.6 is 0 Å². The lowest BCUT2D eigenvalue weighted by atomic mass is 10.1. The summed E-state index contributed by atoms with van der Waals surface area (Å²) >= 11 is 0. The maximum Gasteiger partial charge on any atom is 0.412 e. The van der Waals surface area contributed by atoms with Crippen LogP contribution in [0.15, 0.2) is 85.2 Å². The molecule has 12 nitrogen and oxygen atoms in total. The minimum Gasteiger partial charge on any atom is -0.496 e. The lowest BCUT2D eigenvalue weighted by Crippen LogP contribution is -2.48. The van der Waals surface area contributed by atoms with Crippen molar-refractivity contribution in [2.45, 2.75) is 32.3 Å². The van der Waals surface area contributed by atoms with Gasteiger partial charge in [-0.2, -0.15) is 13.9 Å². The van der Waals surface area contributed by atoms with E-state index in [1.807, 2.05) is 5.43 Å². The second kappa shape index (κ2) is 13.2. The molecule has 234 valence electrons. The number of amides is 4. The van der Waals surface area contributed by atoms with Gasteiger partial charge >= 0.3 is 17.9 Å². The predicted molar refractivity (Wildman–Crippen MR) is 160 cm³/mol. The Morgan fingerprint density at radius 2 is 1.53 bits per heavy atom. The molecule has 4 N–H and O–H groups in total. The first-order valence-electron chi connectivity index (χ1n) is 13.5. The van der Waals surface area contributed by atoms with Crippen molar-refractivity contribution >= 4 is 35.2 Å². The van der Waals surface area contributed by atoms with E-state index in [4.69, 9.17) is 9.47 Å². The van der Waals surface area contributed by atoms with Crippen molar-refractivity contribution in [3.63, 3.8) is 0 Å². The first-order chi connectivity index (χ1) is 21.3. The minimum atomic E-state index is -4.03. The standard InChI is InChI=1S/C31H30F2N6O6/c1-30(2,3)45-29(43)36-22-17-34-39(18-22)23-9-7-8-21(16-23)35-26(40)19-12-14-20(15-13-19)31(32,33)28(42)38-37-27(41)24-10-5-6-11-25(24)44-4/h5-18H,1-4H3,(H,35,40)(H,36,43)(H,37,41)(H,38,42). The summed E-state index contributed by atoms with van der Waals surface area (Å²) in [5.74, 6) is -7.05. The Kier molecular flexibility index (Phi) is 9.45. The van der Waals surface area contributed by atoms with Gasteiger partial charge in [0.25, 0.3) is 11.8 Å². The lowest BCUT2D eigenvalue weighted by Gasteiger charge is -2.19. The van der Waals surface area contributed by atoms with Crippen molar-refractivity contribution in [2.75, 3.05) is 17.7 Å². The molecule has 0 atom stereocenters. The molecule has 0 spiro atoms. The van der Waals surface area contributed by atoms with Crippen molar-refractivity contribution in [3.05, 3.63) is 102 Å². The number of alkyl halides is 2. The van der Waals surface area contributed by atoms with E-state index in [1.165, 1.54) is 30.1 Å². The van der Waals surface area contributed by atoms with Crippen LogP contribution in [0.1, 0.15) is 47.1 Å². The molecule has 0 aliphatic heterocycles. The van der Waals surface area contributed by atoms with E-state index in [-0.39, 0.29) is 16.9 Å². The average Bonchev–Trinajstić information content (AvgIpc) is 3.47. The summed E-state index contributed by atoms with van der Waals surface area (Å²) in [6, 6.07) is 16.9. The van der Waals surface area contributed by atoms with Gasteiger partial charge in [-0.3, -0.25) is 30.6 Å². The van der Waals surface area contributed by atoms with Crippen molar-refractivity contribution < 1.29 is 37.4 Å². The molecule has 0 fully saturated rings. The molecule has 0 unspecified atom stereocenters. The van der Waals surface area contributed by atoms with E-state index < -0.39 is 40.9 Å². The molecule has 0 aliphatic carbocycles. The number of anilines is 2. The molecule has 0 saturated heterocycles. The number of carbonyl (C=O) groups excluding carboxylic acids is 4. The highest BCUT2D eigenvalue weighted by Gasteiger charge is 2.41. The monoisotopic (exact) mass is 620 g/mol. The van der Waals surface area contributed by atoms with Gasteiger partial charge in [-0.05, 0) is 63.2 Å². The Morgan fingerprint density at radius 1 is 0.822 bits per heavy atom. The van der Waals surface area contributed by atoms with E-state index in [0.717, 1.165) is 24.3 Å². The van der Waals surface area contributed by atoms with Gasteiger partial charge in [0.05, 0.1) is 36.4 Å². The molecule has 4 rings (SSSR count). The number of aromatic nitrogens is 2. The molecule has 0 bridgehead atoms. The molecule has 3 aromatic carbocycles. The van der Waals surface area contributed by atoms with E-state index in [1.54, 1.807) is 68.8 Å². The van der Waals surface area contributed by atoms with Crippen LogP contribution in [0.3, 0.4) is 0 Å². The summed E-state index contributed by atoms with van der Waals surface area (Å²) in [4.78, 5) is 49.4. The number of ether oxygens (including phenoxy) is 2. The lowest BCUT2D eigenvalue weighted by molar-refractivity contribution is -0.147. The number of hydrazine groups is 1. The summed E-state index contributed by atoms with van der Waals surface area (Å²) in [5, 5.41) is 9.47. The van der Waals surface area contributed by atoms with Crippen molar-refractivity contribution in [1.82, 2.24) is 20.6 Å². The molecule has 1 heterocycles. The largest absolute Gasteiger partial charge is 0.496 e. The molecule has 1 aromatic heterocycles. The number of para-hydroxylation sites is 1. The Labute approximate surface area is 256 Å². The van der Waals surface area contributed by atoms with Gasteiger partial charge in [-0.15, -0.1) is 0 Å². The summed E-state index contributed by atoms with van der Waals surface area (Å²) in [5.41, 5.74) is 3.73. The number of carbonyl (C=O) groups is 4. The fourth-order valence-electron chi connectivity index (χ4n) is 3.93. The quantitative estimate of drug-likeness (QED) is 0.202. The second-order valence-corrected chi connectivity index (χ2v) is 10.6. The van der Waals surface area contributed by atoms with Gasteiger partial charge in [0, 0.05) is 16.8 Å². The van der Waals surface area contributed by atoms with E-state index in [9.17, 15) is 28.0 Å². The molecule has 0 radical (unpaired) electrons. The number of benzene rings is 3. The first-order valence-corrected chi connectivity index (χ1v) is 13.5. The van der Waals surface area contributed by atoms with E-state index >= 15 is 0 Å². The Balaban J connectivity index is 1.37. The predicted octanol–water partition coefficient (Wildman–Crippen LogP) is 5.03. The highest BCUT2D eigenvalue weighted by Crippen LogP contribution is 2.28. The van der Waals surface area contributed by atoms with Gasteiger partial charge in [0.15, 0.2) is 0 Å². The molecule has 0 saturated carbocycles. The minimum absolute atomic E-state index is 0.0362. The average molecular weight is 621 g/mol. The highest BCUT2D eigenvalue weighted by atomic mass is 19.3. The molecular weight excluding hydrogens is 590 g/mol. The third kappa shape index (κ3) is 8.19. The van der Waals surface area contributed by atoms with Crippen molar-refractivity contribution in [3.8, 4) is 11.4 Å². The zero-order chi connectivity index (χ0) is 32.8. The van der Waals surface area contributed by atoms with Crippen molar-refractivity contribution in [1.29, 1.82) is 0 Å². The van der Waals surface area contributed by atoms with Crippen LogP contribution in [-0.4, -0.2) is 46.3 Å². The first kappa shape index (κ1) is 32.1. The molecule has 0 aliphatic rings. The number of methoxy groups -OCH3 is 1. The summed E-state index contributed by atoms with van der Waals surface area (Å²) in [6.45, 7) is 5.23. The van der Waals surface area contributed by atoms with Crippen LogP contribution in [0.4, 0.5) is 25.0 Å². The zero-order valence-corrected chi connectivity index (χ0v) is 24.7. The molecule has 4 aromatic rings. The Morgan fingerprint density at radius 3 is 2.22 bits per heavy atom. The van der Waals surface area contributed by atoms with Crippen LogP contribution < -0.4 is 26.2 Å². The number of hydrogen-bond acceptors (Lipinski definition) is 7. The van der Waals surface area contributed by atoms with Gasteiger partial charge in [0.2, 0.25) is 0 Å². The molecule has 45 heavy (non-hydrogen) atoms. The van der Waals surface area contributed by atoms with Crippen LogP contribution in [0.2, 0.25) is 0 Å². The van der Waals surface area contributed by atoms with Crippen LogP contribution in [0.5, 0.6) is 5.75 Å². The molecule has 4 amide bonds. The van der Waals surface area contributed by atoms with Crippen LogP contribution in [0, 0.1) is 0 Å². The number of nitrogens with zero attached hydrogens (tertiary/aromatic N) is 2. The topological polar surface area (TPSA) is 153 Å². The van der Waals surface area contributed by atoms with Crippen LogP contribution in [-0.2, 0) is 15.5 Å². The van der Waals surface area contributed by atoms with Gasteiger partial charge in [0.1, 0.15) is 11.4 Å². The van der Waals surface area contributed by atoms with E-state index in [0.29, 0.717) is 17.1 Å². The fourth-order valence-corrected chi connectivity index (χ4v) is 3.93. The Bertz CT molecular complexity index is 1720. The SMILES string of the molecule is COc1ccccc1C(=O)NNC(=O)C(F)(F)c1ccc(C(=O)Nc2cccc(-n3cc(NC(=O)OC(C)(C)C)cn3)c2)cc1. The summed E-state index contributed by atoms with van der Waals surface area (Å²) in [7, 11) is 1.34. The Hall–Kier alpha value is -5.79. The van der Waals surface area contributed by atoms with Gasteiger partial charge in [-0.25, -0.2) is 9.48 Å². The smallest absolute Gasteiger partial charge is 0.412 e. The van der Waals surface area contributed by atoms with E-state index in [2.05, 4.69) is 15.7 Å². The third-order valence-electron chi connectivity index (χ3n) is 6.03. The summed E-state index contributed by atoms with van der Waals surface area (Å²) in [6.07, 6.45) is 2.36. The molecule has 14 heteroatoms. The normalized spacial score (nSPS) is 11.2. The van der Waals surface area contributed by atoms with Gasteiger partial charge in [-0.1, -0.05) is 30.3 Å². The number of rotatable bonds is 8. The highest BCUT2D eigenvalue weighted by molar-refractivity contribution is 6.04. The van der Waals surface area contributed by atoms with Gasteiger partial charge < -0.3 is 14.8 Å². The maximum absolute atomic E-state index is 14.9. The zero-order valence-electron chi connectivity index (χ0n) is 24.7. The summed E-state index contributed by atoms with van der Waals surface area (Å²) < 4.78 is 41.5. The molecular formula is C31H30F2N6O6. The third-order valence-corrected chi connectivity index (χ3v) is 6.03. The number of nitrogens with one attached hydrogen (secondary N) is 4. The fraction of sp³-hybridized carbons (Fsp3) is 0.194. The van der Waals surface area contributed by atoms with Crippen molar-refractivity contribution in [2.24, 2.45) is 0 Å². The number of hydrogen-bond donors (Lipinski definition) is 4. The maximum atomic E-state index is 14.9. The van der Waals surface area contributed by atoms with Crippen LogP contribution in [0.25, 0.3) is 5.69 Å². The number of halogens is 2.